The van der Waals surface area contributed by atoms with Gasteiger partial charge in [0, 0.05) is 45.1 Å². The van der Waals surface area contributed by atoms with E-state index in [1.165, 1.54) is 13.8 Å². The van der Waals surface area contributed by atoms with Gasteiger partial charge in [-0.2, -0.15) is 0 Å². The molecule has 2 N–H and O–H groups in total. The second-order valence-electron chi connectivity index (χ2n) is 5.58. The van der Waals surface area contributed by atoms with Crippen LogP contribution in [0, 0.1) is 0 Å². The van der Waals surface area contributed by atoms with E-state index in [0.29, 0.717) is 0 Å². The van der Waals surface area contributed by atoms with E-state index in [1.54, 1.807) is 0 Å². The van der Waals surface area contributed by atoms with Gasteiger partial charge in [-0.05, 0) is 0 Å². The van der Waals surface area contributed by atoms with Gasteiger partial charge in [0.25, 0.3) is 0 Å². The maximum Gasteiger partial charge on any atom is 0.343 e. The van der Waals surface area contributed by atoms with E-state index in [-0.39, 0.29) is 42.7 Å². The van der Waals surface area contributed by atoms with E-state index >= 15 is 0 Å². The van der Waals surface area contributed by atoms with Gasteiger partial charge in [-0.1, -0.05) is 15.9 Å². The monoisotopic (exact) mass is 512 g/mol. The van der Waals surface area contributed by atoms with Gasteiger partial charge in [-0.25, -0.2) is 10.2 Å². The summed E-state index contributed by atoms with van der Waals surface area (Å²) in [5.74, 6) is -0.552. The maximum atomic E-state index is 12.9. The van der Waals surface area contributed by atoms with Crippen LogP contribution in [0.15, 0.2) is 0 Å². The molecular weight excluding hydrogens is 490 g/mol. The molecule has 9 nitrogen and oxygen atoms in total. The zero-order valence-corrected chi connectivity index (χ0v) is 19.0. The van der Waals surface area contributed by atoms with Crippen molar-refractivity contribution in [1.82, 2.24) is 10.2 Å². The number of hydrogen-bond acceptors (Lipinski definition) is 7. The average molecular weight is 514 g/mol. The van der Waals surface area contributed by atoms with Gasteiger partial charge in [0.15, 0.2) is 6.29 Å². The molecule has 1 fully saturated rings. The fraction of sp³-hybridized carbons (Fsp3) is 0.857. The largest absolute Gasteiger partial charge is 0.463 e. The molecule has 0 amide bonds. The minimum atomic E-state index is -3.49. The van der Waals surface area contributed by atoms with Crippen molar-refractivity contribution < 1.29 is 32.9 Å². The highest BCUT2D eigenvalue weighted by molar-refractivity contribution is 9.09. The normalized spacial score (nSPS) is 25.8. The molecule has 13 heteroatoms. The first-order chi connectivity index (χ1) is 12.7. The third kappa shape index (κ3) is 9.41. The number of hydrogen-bond donors (Lipinski definition) is 2. The van der Waals surface area contributed by atoms with Crippen LogP contribution in [-0.2, 0) is 32.9 Å². The molecule has 1 aliphatic rings. The highest BCUT2D eigenvalue weighted by Crippen LogP contribution is 2.42. The summed E-state index contributed by atoms with van der Waals surface area (Å²) in [4.78, 5) is 22.1. The van der Waals surface area contributed by atoms with E-state index in [0.717, 1.165) is 0 Å². The third-order valence-electron chi connectivity index (χ3n) is 3.31. The summed E-state index contributed by atoms with van der Waals surface area (Å²) in [6, 6.07) is 0. The smallest absolute Gasteiger partial charge is 0.343 e. The fourth-order valence-electron chi connectivity index (χ4n) is 2.30. The number of carbonyl (C=O) groups is 2. The molecule has 158 valence electrons. The van der Waals surface area contributed by atoms with E-state index in [4.69, 9.17) is 41.9 Å². The van der Waals surface area contributed by atoms with Crippen LogP contribution in [0.3, 0.4) is 0 Å². The molecule has 0 spiro atoms. The van der Waals surface area contributed by atoms with Gasteiger partial charge in [0.05, 0.1) is 4.83 Å². The van der Waals surface area contributed by atoms with E-state index in [9.17, 15) is 14.2 Å². The van der Waals surface area contributed by atoms with Gasteiger partial charge in [0.2, 0.25) is 0 Å². The Balaban J connectivity index is 2.86. The van der Waals surface area contributed by atoms with E-state index in [2.05, 4.69) is 26.1 Å². The Bertz CT molecular complexity index is 534. The lowest BCUT2D eigenvalue weighted by molar-refractivity contribution is -0.210. The molecule has 0 radical (unpaired) electrons. The van der Waals surface area contributed by atoms with Crippen LogP contribution in [-0.4, -0.2) is 66.7 Å². The molecule has 1 rings (SSSR count). The van der Waals surface area contributed by atoms with Crippen molar-refractivity contribution in [3.8, 4) is 0 Å². The first-order valence-corrected chi connectivity index (χ1v) is 11.8. The van der Waals surface area contributed by atoms with Crippen LogP contribution in [0.5, 0.6) is 0 Å². The molecule has 4 atom stereocenters. The van der Waals surface area contributed by atoms with Crippen molar-refractivity contribution in [2.45, 2.75) is 43.6 Å². The molecule has 0 aromatic carbocycles. The van der Waals surface area contributed by atoms with Crippen LogP contribution in [0.1, 0.15) is 20.3 Å². The molecule has 27 heavy (non-hydrogen) atoms. The number of halogens is 3. The van der Waals surface area contributed by atoms with Crippen molar-refractivity contribution in [3.63, 3.8) is 0 Å². The number of carbonyl (C=O) groups excluding carboxylic acids is 2. The SMILES string of the molecule is CC(=O)OCC1OC(OP(=O)(NCCCl)NCCCl)CC(Br)C1OC(C)=O. The van der Waals surface area contributed by atoms with Crippen LogP contribution in [0.4, 0.5) is 0 Å². The van der Waals surface area contributed by atoms with Gasteiger partial charge >= 0.3 is 19.6 Å². The highest BCUT2D eigenvalue weighted by atomic mass is 79.9. The topological polar surface area (TPSA) is 112 Å². The Morgan fingerprint density at radius 2 is 1.78 bits per heavy atom. The number of rotatable bonds is 11. The summed E-state index contributed by atoms with van der Waals surface area (Å²) in [7, 11) is -3.49. The van der Waals surface area contributed by atoms with Crippen molar-refractivity contribution in [2.24, 2.45) is 0 Å². The van der Waals surface area contributed by atoms with Crippen LogP contribution < -0.4 is 10.2 Å². The molecule has 0 aromatic heterocycles. The zero-order chi connectivity index (χ0) is 20.4. The lowest BCUT2D eigenvalue weighted by Crippen LogP contribution is -2.51. The molecule has 1 aliphatic heterocycles. The van der Waals surface area contributed by atoms with Crippen molar-refractivity contribution in [1.29, 1.82) is 0 Å². The molecule has 4 unspecified atom stereocenters. The van der Waals surface area contributed by atoms with Gasteiger partial charge in [-0.15, -0.1) is 23.2 Å². The Morgan fingerprint density at radius 1 is 1.19 bits per heavy atom. The van der Waals surface area contributed by atoms with Crippen LogP contribution in [0.2, 0.25) is 0 Å². The fourth-order valence-corrected chi connectivity index (χ4v) is 5.04. The minimum Gasteiger partial charge on any atom is -0.463 e. The first kappa shape index (κ1) is 25.1. The lowest BCUT2D eigenvalue weighted by Gasteiger charge is -2.39. The summed E-state index contributed by atoms with van der Waals surface area (Å²) in [6.07, 6.45) is -2.18. The molecule has 0 bridgehead atoms. The van der Waals surface area contributed by atoms with E-state index < -0.39 is 38.1 Å². The minimum absolute atomic E-state index is 0.149. The summed E-state index contributed by atoms with van der Waals surface area (Å²) in [5.41, 5.74) is 0. The second-order valence-corrected chi connectivity index (χ2v) is 9.46. The lowest BCUT2D eigenvalue weighted by atomic mass is 10.0. The maximum absolute atomic E-state index is 12.9. The Labute approximate surface area is 176 Å². The van der Waals surface area contributed by atoms with E-state index in [1.807, 2.05) is 0 Å². The molecule has 0 saturated carbocycles. The summed E-state index contributed by atoms with van der Waals surface area (Å²) in [5, 5.41) is 5.43. The molecule has 1 saturated heterocycles. The Hall–Kier alpha value is 0.0700. The summed E-state index contributed by atoms with van der Waals surface area (Å²) >= 11 is 14.7. The summed E-state index contributed by atoms with van der Waals surface area (Å²) in [6.45, 7) is 2.86. The Kier molecular flexibility index (Phi) is 11.7. The van der Waals surface area contributed by atoms with Gasteiger partial charge < -0.3 is 14.2 Å². The highest BCUT2D eigenvalue weighted by Gasteiger charge is 2.43. The van der Waals surface area contributed by atoms with Crippen molar-refractivity contribution in [2.75, 3.05) is 31.5 Å². The average Bonchev–Trinajstić information content (AvgIpc) is 2.58. The molecular formula is C14H24BrCl2N2O7P. The number of alkyl halides is 3. The quantitative estimate of drug-likeness (QED) is 0.244. The summed E-state index contributed by atoms with van der Waals surface area (Å²) < 4.78 is 34.5. The van der Waals surface area contributed by atoms with Crippen LogP contribution in [0.25, 0.3) is 0 Å². The second kappa shape index (κ2) is 12.6. The predicted octanol–water partition coefficient (Wildman–Crippen LogP) is 2.14. The zero-order valence-electron chi connectivity index (χ0n) is 15.0. The van der Waals surface area contributed by atoms with Crippen LogP contribution >= 0.6 is 46.8 Å². The number of ether oxygens (including phenoxy) is 3. The van der Waals surface area contributed by atoms with Crippen molar-refractivity contribution >= 4 is 58.7 Å². The number of nitrogens with one attached hydrogen (secondary N) is 2. The number of esters is 2. The molecule has 0 aromatic rings. The Morgan fingerprint density at radius 3 is 2.26 bits per heavy atom. The molecule has 1 heterocycles. The third-order valence-corrected chi connectivity index (χ3v) is 6.40. The van der Waals surface area contributed by atoms with Gasteiger partial charge in [0.1, 0.15) is 18.8 Å². The molecule has 0 aliphatic carbocycles. The van der Waals surface area contributed by atoms with Crippen molar-refractivity contribution in [3.05, 3.63) is 0 Å². The predicted molar refractivity (Wildman–Crippen MR) is 104 cm³/mol. The standard InChI is InChI=1S/C14H24BrCl2N2O7P/c1-9(20)23-8-12-14(24-10(2)21)11(15)7-13(25-12)26-27(22,18-5-3-16)19-6-4-17/h11-14H,3-8H2,1-2H3,(H2,18,19,22). The van der Waals surface area contributed by atoms with Gasteiger partial charge in [-0.3, -0.25) is 18.7 Å². The first-order valence-electron chi connectivity index (χ1n) is 8.21.